The van der Waals surface area contributed by atoms with Crippen molar-refractivity contribution in [1.29, 1.82) is 0 Å². The molecular weight excluding hydrogens is 328 g/mol. The molecule has 4 atom stereocenters. The molecule has 4 fully saturated rings. The predicted molar refractivity (Wildman–Crippen MR) is 104 cm³/mol. The van der Waals surface area contributed by atoms with Gasteiger partial charge in [-0.1, -0.05) is 0 Å². The van der Waals surface area contributed by atoms with Crippen molar-refractivity contribution in [3.05, 3.63) is 0 Å². The van der Waals surface area contributed by atoms with E-state index in [9.17, 15) is 4.79 Å². The predicted octanol–water partition coefficient (Wildman–Crippen LogP) is 1.91. The number of carbonyl (C=O) groups is 1. The molecule has 4 aliphatic heterocycles. The lowest BCUT2D eigenvalue weighted by molar-refractivity contribution is 0.00663. The molecule has 4 aliphatic rings. The van der Waals surface area contributed by atoms with Crippen LogP contribution in [-0.4, -0.2) is 79.9 Å². The molecule has 0 bridgehead atoms. The van der Waals surface area contributed by atoms with Gasteiger partial charge in [0.05, 0.1) is 6.04 Å². The zero-order valence-corrected chi connectivity index (χ0v) is 17.1. The number of ether oxygens (including phenoxy) is 1. The van der Waals surface area contributed by atoms with E-state index < -0.39 is 5.60 Å². The first-order valence-electron chi connectivity index (χ1n) is 10.5. The minimum absolute atomic E-state index is 0.147. The molecule has 4 heterocycles. The van der Waals surface area contributed by atoms with E-state index in [0.29, 0.717) is 12.0 Å². The molecule has 0 saturated carbocycles. The summed E-state index contributed by atoms with van der Waals surface area (Å²) in [6, 6.07) is 1.21. The third-order valence-electron chi connectivity index (χ3n) is 6.26. The fourth-order valence-electron chi connectivity index (χ4n) is 4.91. The van der Waals surface area contributed by atoms with Gasteiger partial charge >= 0.3 is 6.09 Å². The van der Waals surface area contributed by atoms with Gasteiger partial charge in [0.15, 0.2) is 0 Å². The molecule has 26 heavy (non-hydrogen) atoms. The van der Waals surface area contributed by atoms with E-state index >= 15 is 0 Å². The van der Waals surface area contributed by atoms with Gasteiger partial charge in [0, 0.05) is 32.2 Å². The highest BCUT2D eigenvalue weighted by molar-refractivity contribution is 5.68. The highest BCUT2D eigenvalue weighted by Crippen LogP contribution is 2.27. The number of likely N-dealkylation sites (N-methyl/N-ethyl adjacent to an activating group) is 1. The minimum Gasteiger partial charge on any atom is -0.444 e. The van der Waals surface area contributed by atoms with Crippen LogP contribution in [0.15, 0.2) is 0 Å². The van der Waals surface area contributed by atoms with E-state index in [-0.39, 0.29) is 6.09 Å². The number of amides is 1. The summed E-state index contributed by atoms with van der Waals surface area (Å²) < 4.78 is 5.44. The van der Waals surface area contributed by atoms with Gasteiger partial charge in [0.1, 0.15) is 5.60 Å². The Morgan fingerprint density at radius 3 is 2.12 bits per heavy atom. The summed E-state index contributed by atoms with van der Waals surface area (Å²) in [6.07, 6.45) is 5.03. The lowest BCUT2D eigenvalue weighted by atomic mass is 9.92. The molecule has 0 unspecified atom stereocenters. The molecule has 2 N–H and O–H groups in total. The normalized spacial score (nSPS) is 34.5. The third kappa shape index (κ3) is 4.90. The van der Waals surface area contributed by atoms with Crippen LogP contribution >= 0.6 is 0 Å². The van der Waals surface area contributed by atoms with Crippen molar-refractivity contribution < 1.29 is 9.53 Å². The van der Waals surface area contributed by atoms with Gasteiger partial charge in [-0.2, -0.15) is 0 Å². The van der Waals surface area contributed by atoms with Crippen molar-refractivity contribution in [3.63, 3.8) is 0 Å². The van der Waals surface area contributed by atoms with Crippen LogP contribution in [0.4, 0.5) is 4.79 Å². The summed E-state index contributed by atoms with van der Waals surface area (Å²) in [6.45, 7) is 12.3. The number of piperidine rings is 2. The maximum Gasteiger partial charge on any atom is 0.410 e. The number of hydrogen-bond donors (Lipinski definition) is 2. The highest BCUT2D eigenvalue weighted by Gasteiger charge is 2.39. The number of nitrogens with one attached hydrogen (secondary N) is 2. The fraction of sp³-hybridized carbons (Fsp3) is 0.950. The Bertz CT molecular complexity index is 479. The summed E-state index contributed by atoms with van der Waals surface area (Å²) in [4.78, 5) is 16.5. The maximum absolute atomic E-state index is 12.0. The van der Waals surface area contributed by atoms with Crippen molar-refractivity contribution in [2.45, 2.75) is 64.1 Å². The second-order valence-corrected chi connectivity index (χ2v) is 9.41. The van der Waals surface area contributed by atoms with Crippen LogP contribution in [0, 0.1) is 11.8 Å². The van der Waals surface area contributed by atoms with Crippen molar-refractivity contribution >= 4 is 6.09 Å². The molecule has 6 heteroatoms. The molecule has 0 aromatic rings. The minimum atomic E-state index is -0.393. The summed E-state index contributed by atoms with van der Waals surface area (Å²) in [5, 5.41) is 6.82. The second kappa shape index (κ2) is 8.44. The number of nitrogens with zero attached hydrogens (tertiary/aromatic N) is 2. The third-order valence-corrected chi connectivity index (χ3v) is 6.26. The van der Waals surface area contributed by atoms with E-state index in [1.54, 1.807) is 0 Å². The molecule has 0 radical (unpaired) electrons. The van der Waals surface area contributed by atoms with Crippen LogP contribution in [0.5, 0.6) is 0 Å². The molecule has 0 spiro atoms. The van der Waals surface area contributed by atoms with E-state index in [1.165, 1.54) is 38.9 Å². The van der Waals surface area contributed by atoms with Gasteiger partial charge in [-0.3, -0.25) is 0 Å². The van der Waals surface area contributed by atoms with E-state index in [4.69, 9.17) is 4.74 Å². The van der Waals surface area contributed by atoms with E-state index in [0.717, 1.165) is 38.0 Å². The number of rotatable bonds is 0. The molecule has 0 aliphatic carbocycles. The molecule has 4 rings (SSSR count). The summed E-state index contributed by atoms with van der Waals surface area (Å²) >= 11 is 0. The number of fused-ring (bicyclic) bond motifs is 2. The van der Waals surface area contributed by atoms with Gasteiger partial charge in [-0.15, -0.1) is 0 Å². The Kier molecular flexibility index (Phi) is 6.46. The van der Waals surface area contributed by atoms with Crippen molar-refractivity contribution in [1.82, 2.24) is 20.4 Å². The van der Waals surface area contributed by atoms with E-state index in [2.05, 4.69) is 22.6 Å². The zero-order chi connectivity index (χ0) is 18.7. The number of carbonyl (C=O) groups excluding carboxylic acids is 1. The summed E-state index contributed by atoms with van der Waals surface area (Å²) in [5.74, 6) is 1.58. The molecule has 0 aromatic heterocycles. The SMILES string of the molecule is CC(C)(C)OC(=O)N1CCC[C@@H]2CNC[C@@H]21.CN1CCC[C@@H]2CNC[C@@H]21. The van der Waals surface area contributed by atoms with Gasteiger partial charge in [-0.05, 0) is 78.4 Å². The van der Waals surface area contributed by atoms with Crippen molar-refractivity contribution in [2.75, 3.05) is 46.3 Å². The van der Waals surface area contributed by atoms with Gasteiger partial charge in [0.25, 0.3) is 0 Å². The molecule has 1 amide bonds. The maximum atomic E-state index is 12.0. The molecule has 6 nitrogen and oxygen atoms in total. The van der Waals surface area contributed by atoms with Crippen LogP contribution in [-0.2, 0) is 4.74 Å². The zero-order valence-electron chi connectivity index (χ0n) is 17.1. The van der Waals surface area contributed by atoms with Gasteiger partial charge in [-0.25, -0.2) is 4.79 Å². The second-order valence-electron chi connectivity index (χ2n) is 9.41. The lowest BCUT2D eigenvalue weighted by Crippen LogP contribution is -2.50. The van der Waals surface area contributed by atoms with E-state index in [1.807, 2.05) is 25.7 Å². The first-order valence-corrected chi connectivity index (χ1v) is 10.5. The molecular formula is C20H38N4O2. The standard InChI is InChI=1S/C12H22N2O2.C8H16N2/c1-12(2,3)16-11(15)14-6-4-5-9-7-13-8-10(9)14;1-10-4-2-3-7-5-9-6-8(7)10/h9-10,13H,4-8H2,1-3H3;7-9H,2-6H2,1H3/t9-,10+;7-,8+/m11/s1. The number of hydrogen-bond acceptors (Lipinski definition) is 5. The summed E-state index contributed by atoms with van der Waals surface area (Å²) in [5.41, 5.74) is -0.393. The Morgan fingerprint density at radius 2 is 1.50 bits per heavy atom. The van der Waals surface area contributed by atoms with Crippen molar-refractivity contribution in [3.8, 4) is 0 Å². The Hall–Kier alpha value is -0.850. The van der Waals surface area contributed by atoms with Gasteiger partial charge in [0.2, 0.25) is 0 Å². The molecule has 0 aromatic carbocycles. The average molecular weight is 367 g/mol. The lowest BCUT2D eigenvalue weighted by Gasteiger charge is -2.37. The Balaban J connectivity index is 0.000000167. The fourth-order valence-corrected chi connectivity index (χ4v) is 4.91. The highest BCUT2D eigenvalue weighted by atomic mass is 16.6. The van der Waals surface area contributed by atoms with Crippen molar-refractivity contribution in [2.24, 2.45) is 11.8 Å². The molecule has 4 saturated heterocycles. The van der Waals surface area contributed by atoms with Crippen LogP contribution < -0.4 is 10.6 Å². The van der Waals surface area contributed by atoms with Crippen LogP contribution in [0.25, 0.3) is 0 Å². The Morgan fingerprint density at radius 1 is 0.923 bits per heavy atom. The summed E-state index contributed by atoms with van der Waals surface area (Å²) in [7, 11) is 2.25. The number of likely N-dealkylation sites (tertiary alicyclic amines) is 2. The smallest absolute Gasteiger partial charge is 0.410 e. The first kappa shape index (κ1) is 19.9. The topological polar surface area (TPSA) is 56.8 Å². The van der Waals surface area contributed by atoms with Crippen LogP contribution in [0.1, 0.15) is 46.5 Å². The first-order chi connectivity index (χ1) is 12.3. The monoisotopic (exact) mass is 366 g/mol. The van der Waals surface area contributed by atoms with Crippen LogP contribution in [0.2, 0.25) is 0 Å². The molecule has 150 valence electrons. The Labute approximate surface area is 159 Å². The average Bonchev–Trinajstić information content (AvgIpc) is 3.23. The largest absolute Gasteiger partial charge is 0.444 e. The van der Waals surface area contributed by atoms with Gasteiger partial charge < -0.3 is 25.2 Å². The quantitative estimate of drug-likeness (QED) is 0.686. The van der Waals surface area contributed by atoms with Crippen LogP contribution in [0.3, 0.4) is 0 Å².